The molecule has 8 nitrogen and oxygen atoms in total. The maximum absolute atomic E-state index is 13.8. The van der Waals surface area contributed by atoms with Crippen LogP contribution in [-0.2, 0) is 9.53 Å². The first-order valence-electron chi connectivity index (χ1n) is 12.7. The molecule has 2 heterocycles. The Hall–Kier alpha value is -4.83. The molecule has 3 aromatic carbocycles. The number of allylic oxidation sites excluding steroid dienone is 1. The highest BCUT2D eigenvalue weighted by Crippen LogP contribution is 2.31. The molecular formula is C31H25FN2O6S. The zero-order chi connectivity index (χ0) is 29.1. The second kappa shape index (κ2) is 11.7. The van der Waals surface area contributed by atoms with Crippen LogP contribution >= 0.6 is 11.3 Å². The lowest BCUT2D eigenvalue weighted by atomic mass is 9.96. The minimum atomic E-state index is -0.698. The van der Waals surface area contributed by atoms with Crippen LogP contribution in [0.5, 0.6) is 11.5 Å². The number of benzene rings is 3. The molecule has 5 rings (SSSR count). The second-order valence-corrected chi connectivity index (χ2v) is 10.0. The summed E-state index contributed by atoms with van der Waals surface area (Å²) in [5.41, 5.74) is 2.04. The number of rotatable bonds is 7. The zero-order valence-corrected chi connectivity index (χ0v) is 23.2. The summed E-state index contributed by atoms with van der Waals surface area (Å²) < 4.78 is 31.3. The maximum Gasteiger partial charge on any atom is 0.343 e. The predicted molar refractivity (Wildman–Crippen MR) is 151 cm³/mol. The van der Waals surface area contributed by atoms with Crippen molar-refractivity contribution in [3.63, 3.8) is 0 Å². The van der Waals surface area contributed by atoms with Gasteiger partial charge in [0.1, 0.15) is 5.82 Å². The summed E-state index contributed by atoms with van der Waals surface area (Å²) >= 11 is 1.20. The molecule has 0 aliphatic carbocycles. The van der Waals surface area contributed by atoms with Crippen molar-refractivity contribution in [2.24, 2.45) is 4.99 Å². The molecule has 1 aromatic heterocycles. The van der Waals surface area contributed by atoms with Crippen LogP contribution in [0.15, 0.2) is 93.9 Å². The van der Waals surface area contributed by atoms with Gasteiger partial charge in [0.15, 0.2) is 16.3 Å². The van der Waals surface area contributed by atoms with E-state index in [1.54, 1.807) is 38.1 Å². The van der Waals surface area contributed by atoms with Gasteiger partial charge in [0.2, 0.25) is 0 Å². The molecule has 1 atom stereocenters. The molecule has 0 spiro atoms. The SMILES string of the molecule is CCOC(=O)C1=C(C)N=c2sc(=Cc3ccc(OC(=O)c4ccc(F)cc4)c(OC)c3)c(=O)n2C1c1ccccc1. The molecule has 1 unspecified atom stereocenters. The first-order chi connectivity index (χ1) is 19.8. The third kappa shape index (κ3) is 5.59. The highest BCUT2D eigenvalue weighted by molar-refractivity contribution is 7.07. The van der Waals surface area contributed by atoms with E-state index in [0.717, 1.165) is 5.56 Å². The van der Waals surface area contributed by atoms with E-state index in [1.807, 2.05) is 30.3 Å². The fourth-order valence-corrected chi connectivity index (χ4v) is 5.54. The lowest BCUT2D eigenvalue weighted by Gasteiger charge is -2.24. The van der Waals surface area contributed by atoms with E-state index >= 15 is 0 Å². The summed E-state index contributed by atoms with van der Waals surface area (Å²) in [6.07, 6.45) is 1.68. The molecule has 208 valence electrons. The first-order valence-corrected chi connectivity index (χ1v) is 13.5. The molecule has 0 amide bonds. The minimum Gasteiger partial charge on any atom is -0.493 e. The number of ether oxygens (including phenoxy) is 3. The largest absolute Gasteiger partial charge is 0.493 e. The van der Waals surface area contributed by atoms with E-state index in [0.29, 0.717) is 26.2 Å². The quantitative estimate of drug-likeness (QED) is 0.244. The Morgan fingerprint density at radius 3 is 2.44 bits per heavy atom. The number of aromatic nitrogens is 1. The number of methoxy groups -OCH3 is 1. The van der Waals surface area contributed by atoms with Crippen molar-refractivity contribution < 1.29 is 28.2 Å². The Labute approximate surface area is 238 Å². The Balaban J connectivity index is 1.54. The van der Waals surface area contributed by atoms with Crippen molar-refractivity contribution in [3.8, 4) is 11.5 Å². The van der Waals surface area contributed by atoms with Gasteiger partial charge in [-0.15, -0.1) is 0 Å². The molecule has 0 bridgehead atoms. The number of esters is 2. The second-order valence-electron chi connectivity index (χ2n) is 9.02. The average Bonchev–Trinajstić information content (AvgIpc) is 3.27. The lowest BCUT2D eigenvalue weighted by Crippen LogP contribution is -2.39. The smallest absolute Gasteiger partial charge is 0.343 e. The van der Waals surface area contributed by atoms with Crippen molar-refractivity contribution in [3.05, 3.63) is 126 Å². The predicted octanol–water partition coefficient (Wildman–Crippen LogP) is 4.17. The molecule has 41 heavy (non-hydrogen) atoms. The van der Waals surface area contributed by atoms with Crippen LogP contribution in [0, 0.1) is 5.82 Å². The average molecular weight is 573 g/mol. The number of hydrogen-bond donors (Lipinski definition) is 0. The van der Waals surface area contributed by atoms with Gasteiger partial charge < -0.3 is 14.2 Å². The van der Waals surface area contributed by atoms with Crippen LogP contribution in [0.25, 0.3) is 6.08 Å². The van der Waals surface area contributed by atoms with Gasteiger partial charge in [-0.05, 0) is 67.4 Å². The Bertz CT molecular complexity index is 1840. The molecule has 0 saturated heterocycles. The van der Waals surface area contributed by atoms with Crippen molar-refractivity contribution >= 4 is 29.4 Å². The summed E-state index contributed by atoms with van der Waals surface area (Å²) in [5.74, 6) is -1.22. The van der Waals surface area contributed by atoms with Gasteiger partial charge in [0.25, 0.3) is 5.56 Å². The van der Waals surface area contributed by atoms with E-state index in [1.165, 1.54) is 47.3 Å². The summed E-state index contributed by atoms with van der Waals surface area (Å²) in [7, 11) is 1.43. The summed E-state index contributed by atoms with van der Waals surface area (Å²) in [6, 6.07) is 18.4. The Morgan fingerprint density at radius 2 is 1.76 bits per heavy atom. The normalized spacial score (nSPS) is 14.7. The van der Waals surface area contributed by atoms with E-state index in [9.17, 15) is 18.8 Å². The van der Waals surface area contributed by atoms with Gasteiger partial charge in [0.05, 0.1) is 41.1 Å². The molecule has 1 aliphatic heterocycles. The van der Waals surface area contributed by atoms with Gasteiger partial charge >= 0.3 is 11.9 Å². The van der Waals surface area contributed by atoms with E-state index in [-0.39, 0.29) is 29.2 Å². The monoisotopic (exact) mass is 572 g/mol. The zero-order valence-electron chi connectivity index (χ0n) is 22.4. The summed E-state index contributed by atoms with van der Waals surface area (Å²) in [5, 5.41) is 0. The van der Waals surface area contributed by atoms with Crippen molar-refractivity contribution in [1.29, 1.82) is 0 Å². The number of hydrogen-bond acceptors (Lipinski definition) is 8. The Morgan fingerprint density at radius 1 is 1.02 bits per heavy atom. The minimum absolute atomic E-state index is 0.166. The number of carbonyl (C=O) groups excluding carboxylic acids is 2. The third-order valence-corrected chi connectivity index (χ3v) is 7.38. The number of halogens is 1. The molecule has 4 aromatic rings. The molecule has 0 fully saturated rings. The van der Waals surface area contributed by atoms with Crippen LogP contribution in [0.1, 0.15) is 41.4 Å². The van der Waals surface area contributed by atoms with Crippen LogP contribution in [-0.4, -0.2) is 30.2 Å². The number of carbonyl (C=O) groups is 2. The molecule has 0 radical (unpaired) electrons. The van der Waals surface area contributed by atoms with Crippen LogP contribution in [0.3, 0.4) is 0 Å². The molecule has 10 heteroatoms. The maximum atomic E-state index is 13.8. The molecule has 0 saturated carbocycles. The third-order valence-electron chi connectivity index (χ3n) is 6.40. The van der Waals surface area contributed by atoms with Crippen molar-refractivity contribution in [2.75, 3.05) is 13.7 Å². The first kappa shape index (κ1) is 27.7. The Kier molecular flexibility index (Phi) is 7.93. The highest BCUT2D eigenvalue weighted by atomic mass is 32.1. The van der Waals surface area contributed by atoms with E-state index in [2.05, 4.69) is 4.99 Å². The molecule has 0 N–H and O–H groups in total. The lowest BCUT2D eigenvalue weighted by molar-refractivity contribution is -0.139. The van der Waals surface area contributed by atoms with Crippen LogP contribution in [0.4, 0.5) is 4.39 Å². The highest BCUT2D eigenvalue weighted by Gasteiger charge is 2.33. The fraction of sp³-hybridized carbons (Fsp3) is 0.161. The van der Waals surface area contributed by atoms with Gasteiger partial charge in [-0.2, -0.15) is 0 Å². The molecular weight excluding hydrogens is 547 g/mol. The van der Waals surface area contributed by atoms with Gasteiger partial charge in [0, 0.05) is 0 Å². The van der Waals surface area contributed by atoms with E-state index < -0.39 is 23.8 Å². The summed E-state index contributed by atoms with van der Waals surface area (Å²) in [6.45, 7) is 3.65. The summed E-state index contributed by atoms with van der Waals surface area (Å²) in [4.78, 5) is 44.3. The van der Waals surface area contributed by atoms with Crippen molar-refractivity contribution in [1.82, 2.24) is 4.57 Å². The number of fused-ring (bicyclic) bond motifs is 1. The number of thiazole rings is 1. The van der Waals surface area contributed by atoms with Gasteiger partial charge in [-0.25, -0.2) is 19.0 Å². The van der Waals surface area contributed by atoms with Crippen LogP contribution < -0.4 is 24.4 Å². The van der Waals surface area contributed by atoms with E-state index in [4.69, 9.17) is 14.2 Å². The number of nitrogens with zero attached hydrogens (tertiary/aromatic N) is 2. The van der Waals surface area contributed by atoms with Gasteiger partial charge in [-0.3, -0.25) is 9.36 Å². The fourth-order valence-electron chi connectivity index (χ4n) is 4.50. The van der Waals surface area contributed by atoms with Crippen molar-refractivity contribution in [2.45, 2.75) is 19.9 Å². The topological polar surface area (TPSA) is 96.2 Å². The standard InChI is InChI=1S/C31H25FN2O6S/c1-4-39-30(37)26-18(2)33-31-34(27(26)20-8-6-5-7-9-20)28(35)25(41-31)17-19-10-15-23(24(16-19)38-3)40-29(36)21-11-13-22(32)14-12-21/h5-17,27H,4H2,1-3H3. The molecule has 1 aliphatic rings. The van der Waals surface area contributed by atoms with Gasteiger partial charge in [-0.1, -0.05) is 47.7 Å². The van der Waals surface area contributed by atoms with Crippen LogP contribution in [0.2, 0.25) is 0 Å².